The van der Waals surface area contributed by atoms with Gasteiger partial charge in [0.15, 0.2) is 6.10 Å². The quantitative estimate of drug-likeness (QED) is 0.799. The summed E-state index contributed by atoms with van der Waals surface area (Å²) in [6.07, 6.45) is 0.680. The summed E-state index contributed by atoms with van der Waals surface area (Å²) in [5.41, 5.74) is 2.26. The van der Waals surface area contributed by atoms with Crippen molar-refractivity contribution in [3.63, 3.8) is 0 Å². The zero-order valence-corrected chi connectivity index (χ0v) is 12.4. The lowest BCUT2D eigenvalue weighted by Gasteiger charge is -2.15. The van der Waals surface area contributed by atoms with Crippen molar-refractivity contribution in [1.29, 1.82) is 0 Å². The Morgan fingerprint density at radius 2 is 2.18 bits per heavy atom. The molecule has 2 rings (SSSR count). The number of hydrazone groups is 1. The number of carbonyl (C=O) groups is 3. The molecule has 0 saturated carbocycles. The molecule has 0 fully saturated rings. The van der Waals surface area contributed by atoms with Crippen molar-refractivity contribution >= 4 is 40.9 Å². The first-order valence-electron chi connectivity index (χ1n) is 6.44. The number of carbonyl (C=O) groups excluding carboxylic acids is 3. The second-order valence-electron chi connectivity index (χ2n) is 4.49. The average molecular weight is 325 g/mol. The van der Waals surface area contributed by atoms with Crippen LogP contribution >= 0.6 is 11.6 Å². The third-order valence-electron chi connectivity index (χ3n) is 2.77. The molecule has 22 heavy (non-hydrogen) atoms. The Balaban J connectivity index is 1.89. The number of rotatable bonds is 4. The van der Waals surface area contributed by atoms with Gasteiger partial charge in [-0.25, -0.2) is 15.2 Å². The van der Waals surface area contributed by atoms with Gasteiger partial charge in [0, 0.05) is 19.0 Å². The van der Waals surface area contributed by atoms with Gasteiger partial charge in [-0.3, -0.25) is 9.59 Å². The van der Waals surface area contributed by atoms with Crippen molar-refractivity contribution in [3.05, 3.63) is 23.4 Å². The van der Waals surface area contributed by atoms with E-state index < -0.39 is 18.0 Å². The molecule has 1 aliphatic heterocycles. The normalized spacial score (nSPS) is 15.4. The van der Waals surface area contributed by atoms with E-state index >= 15 is 0 Å². The first-order valence-corrected chi connectivity index (χ1v) is 6.82. The minimum absolute atomic E-state index is 0.0730. The second kappa shape index (κ2) is 6.99. The summed E-state index contributed by atoms with van der Waals surface area (Å²) in [4.78, 5) is 38.5. The van der Waals surface area contributed by atoms with Gasteiger partial charge in [-0.2, -0.15) is 5.10 Å². The molecule has 0 spiro atoms. The van der Waals surface area contributed by atoms with Gasteiger partial charge in [-0.05, 0) is 19.1 Å². The Hall–Kier alpha value is -2.48. The van der Waals surface area contributed by atoms with Gasteiger partial charge in [0.2, 0.25) is 5.91 Å². The molecule has 2 N–H and O–H groups in total. The van der Waals surface area contributed by atoms with E-state index in [1.54, 1.807) is 6.07 Å². The maximum Gasteiger partial charge on any atom is 0.355 e. The predicted octanol–water partition coefficient (Wildman–Crippen LogP) is 0.871. The highest BCUT2D eigenvalue weighted by Crippen LogP contribution is 2.10. The molecule has 9 heteroatoms. The number of pyridine rings is 1. The van der Waals surface area contributed by atoms with Gasteiger partial charge in [0.1, 0.15) is 11.5 Å². The molecule has 2 amide bonds. The predicted molar refractivity (Wildman–Crippen MR) is 78.2 cm³/mol. The third-order valence-corrected chi connectivity index (χ3v) is 3.00. The van der Waals surface area contributed by atoms with Crippen LogP contribution in [0, 0.1) is 0 Å². The summed E-state index contributed by atoms with van der Waals surface area (Å²) in [6.45, 7) is 1.42. The lowest BCUT2D eigenvalue weighted by Crippen LogP contribution is -2.35. The van der Waals surface area contributed by atoms with Gasteiger partial charge in [-0.1, -0.05) is 11.6 Å². The van der Waals surface area contributed by atoms with Crippen molar-refractivity contribution < 1.29 is 19.1 Å². The number of hydrogen-bond acceptors (Lipinski definition) is 6. The largest absolute Gasteiger partial charge is 0.448 e. The molecule has 1 aromatic rings. The van der Waals surface area contributed by atoms with Crippen LogP contribution in [0.25, 0.3) is 0 Å². The van der Waals surface area contributed by atoms with E-state index in [0.717, 1.165) is 0 Å². The number of aromatic nitrogens is 1. The lowest BCUT2D eigenvalue weighted by atomic mass is 10.2. The van der Waals surface area contributed by atoms with Crippen LogP contribution in [-0.2, 0) is 19.1 Å². The molecule has 0 radical (unpaired) electrons. The Morgan fingerprint density at radius 1 is 1.41 bits per heavy atom. The molecule has 0 bridgehead atoms. The number of ether oxygens (including phenoxy) is 1. The number of halogens is 1. The van der Waals surface area contributed by atoms with Crippen LogP contribution in [0.2, 0.25) is 5.02 Å². The summed E-state index contributed by atoms with van der Waals surface area (Å²) >= 11 is 5.69. The zero-order chi connectivity index (χ0) is 16.1. The molecular formula is C13H13ClN4O4. The van der Waals surface area contributed by atoms with Crippen molar-refractivity contribution in [3.8, 4) is 0 Å². The number of anilines is 1. The van der Waals surface area contributed by atoms with Crippen LogP contribution in [-0.4, -0.2) is 34.6 Å². The van der Waals surface area contributed by atoms with E-state index in [1.807, 2.05) is 0 Å². The number of nitrogens with one attached hydrogen (secondary N) is 2. The fourth-order valence-corrected chi connectivity index (χ4v) is 1.69. The van der Waals surface area contributed by atoms with Crippen molar-refractivity contribution in [1.82, 2.24) is 10.4 Å². The smallest absolute Gasteiger partial charge is 0.355 e. The number of hydrogen-bond donors (Lipinski definition) is 2. The Bertz CT molecular complexity index is 629. The van der Waals surface area contributed by atoms with Gasteiger partial charge >= 0.3 is 5.97 Å². The van der Waals surface area contributed by atoms with Gasteiger partial charge in [-0.15, -0.1) is 0 Å². The fraction of sp³-hybridized carbons (Fsp3) is 0.308. The number of amides is 2. The topological polar surface area (TPSA) is 110 Å². The van der Waals surface area contributed by atoms with Crippen molar-refractivity contribution in [2.75, 3.05) is 5.32 Å². The highest BCUT2D eigenvalue weighted by Gasteiger charge is 2.24. The maximum atomic E-state index is 11.9. The number of esters is 1. The Kier molecular flexibility index (Phi) is 5.05. The molecule has 1 aliphatic rings. The van der Waals surface area contributed by atoms with E-state index in [-0.39, 0.29) is 24.5 Å². The lowest BCUT2D eigenvalue weighted by molar-refractivity contribution is -0.146. The standard InChI is InChI=1S/C13H13ClN4O4/c1-7(12(20)16-10-4-2-8(14)6-15-10)22-13(21)9-3-5-11(19)18-17-9/h2,4,6-7H,3,5H2,1H3,(H,18,19)(H,15,16,20)/t7-/m0/s1. The van der Waals surface area contributed by atoms with E-state index in [0.29, 0.717) is 10.8 Å². The van der Waals surface area contributed by atoms with Crippen molar-refractivity contribution in [2.45, 2.75) is 25.9 Å². The monoisotopic (exact) mass is 324 g/mol. The molecule has 0 aromatic carbocycles. The van der Waals surface area contributed by atoms with E-state index in [4.69, 9.17) is 16.3 Å². The molecule has 0 aliphatic carbocycles. The third kappa shape index (κ3) is 4.26. The first kappa shape index (κ1) is 15.9. The highest BCUT2D eigenvalue weighted by atomic mass is 35.5. The Morgan fingerprint density at radius 3 is 2.77 bits per heavy atom. The van der Waals surface area contributed by atoms with Crippen LogP contribution in [0.15, 0.2) is 23.4 Å². The second-order valence-corrected chi connectivity index (χ2v) is 4.93. The molecular weight excluding hydrogens is 312 g/mol. The molecule has 0 unspecified atom stereocenters. The van der Waals surface area contributed by atoms with Gasteiger partial charge in [0.05, 0.1) is 5.02 Å². The van der Waals surface area contributed by atoms with Crippen LogP contribution < -0.4 is 10.7 Å². The zero-order valence-electron chi connectivity index (χ0n) is 11.6. The van der Waals surface area contributed by atoms with E-state index in [2.05, 4.69) is 20.8 Å². The van der Waals surface area contributed by atoms with Gasteiger partial charge in [0.25, 0.3) is 5.91 Å². The minimum atomic E-state index is -1.04. The maximum absolute atomic E-state index is 11.9. The molecule has 8 nitrogen and oxygen atoms in total. The summed E-state index contributed by atoms with van der Waals surface area (Å²) in [5, 5.41) is 6.53. The summed E-state index contributed by atoms with van der Waals surface area (Å²) in [6, 6.07) is 3.09. The molecule has 1 atom stereocenters. The molecule has 0 saturated heterocycles. The number of nitrogens with zero attached hydrogens (tertiary/aromatic N) is 2. The van der Waals surface area contributed by atoms with Gasteiger partial charge < -0.3 is 10.1 Å². The Labute approximate surface area is 130 Å². The van der Waals surface area contributed by atoms with Crippen molar-refractivity contribution in [2.24, 2.45) is 5.10 Å². The SMILES string of the molecule is C[C@H](OC(=O)C1=NNC(=O)CC1)C(=O)Nc1ccc(Cl)cn1. The van der Waals surface area contributed by atoms with Crippen LogP contribution in [0.5, 0.6) is 0 Å². The molecule has 116 valence electrons. The highest BCUT2D eigenvalue weighted by molar-refractivity contribution is 6.37. The molecule has 2 heterocycles. The van der Waals surface area contributed by atoms with Crippen LogP contribution in [0.4, 0.5) is 5.82 Å². The van der Waals surface area contributed by atoms with E-state index in [9.17, 15) is 14.4 Å². The minimum Gasteiger partial charge on any atom is -0.448 e. The average Bonchev–Trinajstić information content (AvgIpc) is 2.50. The molecule has 1 aromatic heterocycles. The summed E-state index contributed by atoms with van der Waals surface area (Å²) in [7, 11) is 0. The summed E-state index contributed by atoms with van der Waals surface area (Å²) in [5.74, 6) is -1.26. The van der Waals surface area contributed by atoms with E-state index in [1.165, 1.54) is 19.2 Å². The fourth-order valence-electron chi connectivity index (χ4n) is 1.58. The van der Waals surface area contributed by atoms with Crippen LogP contribution in [0.3, 0.4) is 0 Å². The van der Waals surface area contributed by atoms with Crippen LogP contribution in [0.1, 0.15) is 19.8 Å². The first-order chi connectivity index (χ1) is 10.5. The summed E-state index contributed by atoms with van der Waals surface area (Å²) < 4.78 is 5.00.